The molecule has 1 aromatic carbocycles. The Morgan fingerprint density at radius 2 is 1.68 bits per heavy atom. The summed E-state index contributed by atoms with van der Waals surface area (Å²) in [6, 6.07) is 4.30. The first kappa shape index (κ1) is 14.2. The minimum absolute atomic E-state index is 0.0802. The van der Waals surface area contributed by atoms with Crippen LogP contribution in [0.1, 0.15) is 28.8 Å². The molecule has 6 heteroatoms. The molecule has 1 aliphatic heterocycles. The van der Waals surface area contributed by atoms with Gasteiger partial charge in [0.25, 0.3) is 5.91 Å². The third kappa shape index (κ3) is 3.41. The third-order valence-electron chi connectivity index (χ3n) is 3.17. The lowest BCUT2D eigenvalue weighted by Crippen LogP contribution is -2.38. The van der Waals surface area contributed by atoms with Crippen molar-refractivity contribution < 1.29 is 18.0 Å². The van der Waals surface area contributed by atoms with E-state index >= 15 is 0 Å². The first-order chi connectivity index (χ1) is 8.88. The van der Waals surface area contributed by atoms with Gasteiger partial charge < -0.3 is 4.90 Å². The van der Waals surface area contributed by atoms with Crippen LogP contribution in [0.15, 0.2) is 24.3 Å². The highest BCUT2D eigenvalue weighted by atomic mass is 35.5. The summed E-state index contributed by atoms with van der Waals surface area (Å²) in [5.41, 5.74) is -0.468. The van der Waals surface area contributed by atoms with Gasteiger partial charge in [0.15, 0.2) is 0 Å². The van der Waals surface area contributed by atoms with Gasteiger partial charge in [0, 0.05) is 24.0 Å². The molecule has 2 rings (SSSR count). The summed E-state index contributed by atoms with van der Waals surface area (Å²) in [5, 5.41) is 0.0802. The molecule has 104 valence electrons. The van der Waals surface area contributed by atoms with Gasteiger partial charge in [0.05, 0.1) is 5.56 Å². The average molecular weight is 292 g/mol. The summed E-state index contributed by atoms with van der Waals surface area (Å²) in [4.78, 5) is 13.7. The predicted molar refractivity (Wildman–Crippen MR) is 66.2 cm³/mol. The topological polar surface area (TPSA) is 20.3 Å². The fourth-order valence-corrected chi connectivity index (χ4v) is 2.23. The molecule has 1 heterocycles. The van der Waals surface area contributed by atoms with E-state index in [1.807, 2.05) is 0 Å². The van der Waals surface area contributed by atoms with E-state index in [2.05, 4.69) is 0 Å². The van der Waals surface area contributed by atoms with E-state index in [4.69, 9.17) is 11.6 Å². The van der Waals surface area contributed by atoms with Crippen LogP contribution >= 0.6 is 11.6 Å². The van der Waals surface area contributed by atoms with Gasteiger partial charge in [-0.2, -0.15) is 13.2 Å². The molecule has 0 N–H and O–H groups in total. The van der Waals surface area contributed by atoms with Crippen molar-refractivity contribution in [3.8, 4) is 0 Å². The molecule has 0 aromatic heterocycles. The van der Waals surface area contributed by atoms with Gasteiger partial charge in [-0.15, -0.1) is 11.6 Å². The molecule has 0 radical (unpaired) electrons. The first-order valence-electron chi connectivity index (χ1n) is 5.98. The molecule has 1 fully saturated rings. The summed E-state index contributed by atoms with van der Waals surface area (Å²) in [5.74, 6) is -0.239. The van der Waals surface area contributed by atoms with Crippen LogP contribution < -0.4 is 0 Å². The summed E-state index contributed by atoms with van der Waals surface area (Å²) >= 11 is 5.94. The maximum atomic E-state index is 12.4. The summed E-state index contributed by atoms with van der Waals surface area (Å²) in [6.07, 6.45) is -2.94. The second kappa shape index (κ2) is 5.41. The molecule has 1 aliphatic rings. The Morgan fingerprint density at radius 3 is 2.16 bits per heavy atom. The van der Waals surface area contributed by atoms with E-state index < -0.39 is 11.7 Å². The van der Waals surface area contributed by atoms with Gasteiger partial charge in [-0.05, 0) is 37.1 Å². The second-order valence-electron chi connectivity index (χ2n) is 4.54. The van der Waals surface area contributed by atoms with Gasteiger partial charge >= 0.3 is 6.18 Å². The van der Waals surface area contributed by atoms with E-state index in [1.165, 1.54) is 12.1 Å². The van der Waals surface area contributed by atoms with Crippen molar-refractivity contribution in [1.29, 1.82) is 0 Å². The van der Waals surface area contributed by atoms with Crippen LogP contribution in [0.2, 0.25) is 0 Å². The molecule has 1 aromatic rings. The number of hydrogen-bond acceptors (Lipinski definition) is 1. The van der Waals surface area contributed by atoms with Crippen LogP contribution in [0.5, 0.6) is 0 Å². The van der Waals surface area contributed by atoms with Crippen LogP contribution in [0.3, 0.4) is 0 Å². The summed E-state index contributed by atoms with van der Waals surface area (Å²) < 4.78 is 37.2. The average Bonchev–Trinajstić information content (AvgIpc) is 2.38. The molecular weight excluding hydrogens is 279 g/mol. The first-order valence-corrected chi connectivity index (χ1v) is 6.42. The highest BCUT2D eigenvalue weighted by Crippen LogP contribution is 2.29. The summed E-state index contributed by atoms with van der Waals surface area (Å²) in [6.45, 7) is 1.10. The van der Waals surface area contributed by atoms with Crippen molar-refractivity contribution >= 4 is 17.5 Å². The zero-order chi connectivity index (χ0) is 14.0. The molecule has 19 heavy (non-hydrogen) atoms. The predicted octanol–water partition coefficient (Wildman–Crippen LogP) is 3.55. The van der Waals surface area contributed by atoms with Crippen LogP contribution in [-0.2, 0) is 6.18 Å². The lowest BCUT2D eigenvalue weighted by atomic mass is 10.1. The van der Waals surface area contributed by atoms with E-state index in [0.29, 0.717) is 25.9 Å². The Balaban J connectivity index is 2.08. The van der Waals surface area contributed by atoms with E-state index in [0.717, 1.165) is 12.1 Å². The Kier molecular flexibility index (Phi) is 4.04. The molecule has 2 nitrogen and oxygen atoms in total. The van der Waals surface area contributed by atoms with Gasteiger partial charge in [0.2, 0.25) is 0 Å². The van der Waals surface area contributed by atoms with E-state index in [1.54, 1.807) is 4.90 Å². The highest BCUT2D eigenvalue weighted by molar-refractivity contribution is 6.20. The monoisotopic (exact) mass is 291 g/mol. The zero-order valence-electron chi connectivity index (χ0n) is 10.1. The van der Waals surface area contributed by atoms with Gasteiger partial charge in [-0.3, -0.25) is 4.79 Å². The van der Waals surface area contributed by atoms with Crippen molar-refractivity contribution in [3.05, 3.63) is 35.4 Å². The molecule has 0 atom stereocenters. The zero-order valence-corrected chi connectivity index (χ0v) is 10.8. The SMILES string of the molecule is O=C(c1ccc(C(F)(F)F)cc1)N1CCC(Cl)CC1. The van der Waals surface area contributed by atoms with Crippen LogP contribution in [-0.4, -0.2) is 29.3 Å². The number of benzene rings is 1. The third-order valence-corrected chi connectivity index (χ3v) is 3.61. The maximum Gasteiger partial charge on any atom is 0.416 e. The normalized spacial score (nSPS) is 17.6. The molecule has 0 bridgehead atoms. The number of carbonyl (C=O) groups is 1. The minimum Gasteiger partial charge on any atom is -0.339 e. The number of amides is 1. The number of alkyl halides is 4. The number of carbonyl (C=O) groups excluding carboxylic acids is 1. The van der Waals surface area contributed by atoms with Crippen molar-refractivity contribution in [2.75, 3.05) is 13.1 Å². The van der Waals surface area contributed by atoms with Crippen LogP contribution in [0, 0.1) is 0 Å². The Hall–Kier alpha value is -1.23. The smallest absolute Gasteiger partial charge is 0.339 e. The lowest BCUT2D eigenvalue weighted by Gasteiger charge is -2.29. The fourth-order valence-electron chi connectivity index (χ4n) is 2.04. The Labute approximate surface area is 114 Å². The summed E-state index contributed by atoms with van der Waals surface area (Å²) in [7, 11) is 0. The number of nitrogens with zero attached hydrogens (tertiary/aromatic N) is 1. The number of rotatable bonds is 1. The van der Waals surface area contributed by atoms with Crippen molar-refractivity contribution in [2.24, 2.45) is 0 Å². The molecule has 0 unspecified atom stereocenters. The van der Waals surface area contributed by atoms with Crippen molar-refractivity contribution in [2.45, 2.75) is 24.4 Å². The van der Waals surface area contributed by atoms with Crippen molar-refractivity contribution in [3.63, 3.8) is 0 Å². The van der Waals surface area contributed by atoms with Crippen molar-refractivity contribution in [1.82, 2.24) is 4.90 Å². The number of piperidine rings is 1. The molecule has 0 saturated carbocycles. The maximum absolute atomic E-state index is 12.4. The van der Waals surface area contributed by atoms with E-state index in [9.17, 15) is 18.0 Å². The molecular formula is C13H13ClF3NO. The molecule has 0 spiro atoms. The van der Waals surface area contributed by atoms with Gasteiger partial charge in [-0.25, -0.2) is 0 Å². The van der Waals surface area contributed by atoms with E-state index in [-0.39, 0.29) is 16.8 Å². The molecule has 1 saturated heterocycles. The highest BCUT2D eigenvalue weighted by Gasteiger charge is 2.30. The lowest BCUT2D eigenvalue weighted by molar-refractivity contribution is -0.137. The number of hydrogen-bond donors (Lipinski definition) is 0. The second-order valence-corrected chi connectivity index (χ2v) is 5.16. The number of halogens is 4. The Bertz CT molecular complexity index is 450. The van der Waals surface area contributed by atoms with Crippen LogP contribution in [0.25, 0.3) is 0 Å². The quantitative estimate of drug-likeness (QED) is 0.725. The minimum atomic E-state index is -4.38. The molecule has 0 aliphatic carbocycles. The molecule has 1 amide bonds. The number of likely N-dealkylation sites (tertiary alicyclic amines) is 1. The fraction of sp³-hybridized carbons (Fsp3) is 0.462. The largest absolute Gasteiger partial charge is 0.416 e. The van der Waals surface area contributed by atoms with Crippen LogP contribution in [0.4, 0.5) is 13.2 Å². The standard InChI is InChI=1S/C13H13ClF3NO/c14-11-5-7-18(8-6-11)12(19)9-1-3-10(4-2-9)13(15,16)17/h1-4,11H,5-8H2. The van der Waals surface area contributed by atoms with Gasteiger partial charge in [-0.1, -0.05) is 0 Å². The Morgan fingerprint density at radius 1 is 1.16 bits per heavy atom. The van der Waals surface area contributed by atoms with Gasteiger partial charge in [0.1, 0.15) is 0 Å².